The normalized spacial score (nSPS) is 19.1. The molecule has 0 saturated carbocycles. The maximum Gasteiger partial charge on any atom is 0.307 e. The van der Waals surface area contributed by atoms with Crippen molar-refractivity contribution >= 4 is 17.2 Å². The highest BCUT2D eigenvalue weighted by atomic mass is 32.1. The van der Waals surface area contributed by atoms with E-state index in [9.17, 15) is 9.59 Å². The number of hydrogen-bond acceptors (Lipinski definition) is 4. The standard InChI is InChI=1S/C18H24N2O3S/c1-11-10-24-17(22)20(11)6-5-16(21)19-14-8-18(3,4)9-15-13(14)7-12(2)23-15/h7,10,14H,5-6,8-9H2,1-4H3,(H,19,21)/t14-/m0/s1. The highest BCUT2D eigenvalue weighted by Crippen LogP contribution is 2.42. The summed E-state index contributed by atoms with van der Waals surface area (Å²) in [4.78, 5) is 24.1. The number of aryl methyl sites for hydroxylation is 2. The van der Waals surface area contributed by atoms with Gasteiger partial charge in [0.2, 0.25) is 5.91 Å². The van der Waals surface area contributed by atoms with Crippen LogP contribution in [0.15, 0.2) is 20.7 Å². The summed E-state index contributed by atoms with van der Waals surface area (Å²) in [6.07, 6.45) is 2.09. The zero-order chi connectivity index (χ0) is 17.5. The number of furan rings is 1. The highest BCUT2D eigenvalue weighted by molar-refractivity contribution is 7.07. The lowest BCUT2D eigenvalue weighted by molar-refractivity contribution is -0.122. The van der Waals surface area contributed by atoms with Crippen LogP contribution in [0.2, 0.25) is 0 Å². The van der Waals surface area contributed by atoms with Gasteiger partial charge < -0.3 is 14.3 Å². The van der Waals surface area contributed by atoms with E-state index in [0.29, 0.717) is 13.0 Å². The molecule has 0 bridgehead atoms. The Morgan fingerprint density at radius 1 is 1.46 bits per heavy atom. The molecular weight excluding hydrogens is 324 g/mol. The molecule has 1 amide bonds. The van der Waals surface area contributed by atoms with Gasteiger partial charge in [-0.3, -0.25) is 9.59 Å². The van der Waals surface area contributed by atoms with Gasteiger partial charge in [-0.25, -0.2) is 0 Å². The number of amides is 1. The van der Waals surface area contributed by atoms with Gasteiger partial charge in [-0.1, -0.05) is 25.2 Å². The number of carbonyl (C=O) groups is 1. The second kappa shape index (κ2) is 6.24. The van der Waals surface area contributed by atoms with Crippen molar-refractivity contribution in [3.8, 4) is 0 Å². The number of thiazole rings is 1. The van der Waals surface area contributed by atoms with Crippen LogP contribution in [0.25, 0.3) is 0 Å². The molecule has 2 heterocycles. The van der Waals surface area contributed by atoms with Crippen LogP contribution in [-0.2, 0) is 17.8 Å². The van der Waals surface area contributed by atoms with E-state index in [2.05, 4.69) is 19.2 Å². The summed E-state index contributed by atoms with van der Waals surface area (Å²) in [5.41, 5.74) is 2.10. The lowest BCUT2D eigenvalue weighted by Crippen LogP contribution is -2.36. The minimum Gasteiger partial charge on any atom is -0.466 e. The van der Waals surface area contributed by atoms with Crippen LogP contribution in [0, 0.1) is 19.3 Å². The molecule has 1 aliphatic carbocycles. The number of rotatable bonds is 4. The molecule has 1 atom stereocenters. The summed E-state index contributed by atoms with van der Waals surface area (Å²) in [5.74, 6) is 1.84. The van der Waals surface area contributed by atoms with Crippen molar-refractivity contribution in [1.82, 2.24) is 9.88 Å². The van der Waals surface area contributed by atoms with Crippen LogP contribution in [-0.4, -0.2) is 10.5 Å². The van der Waals surface area contributed by atoms with Gasteiger partial charge in [-0.2, -0.15) is 0 Å². The third kappa shape index (κ3) is 3.48. The van der Waals surface area contributed by atoms with Crippen LogP contribution in [0.4, 0.5) is 0 Å². The lowest BCUT2D eigenvalue weighted by atomic mass is 9.74. The molecule has 0 aliphatic heterocycles. The van der Waals surface area contributed by atoms with Gasteiger partial charge in [-0.05, 0) is 31.7 Å². The van der Waals surface area contributed by atoms with E-state index in [1.165, 1.54) is 11.3 Å². The molecule has 0 radical (unpaired) electrons. The van der Waals surface area contributed by atoms with Crippen LogP contribution in [0.1, 0.15) is 55.5 Å². The third-order valence-electron chi connectivity index (χ3n) is 4.61. The number of nitrogens with one attached hydrogen (secondary N) is 1. The Morgan fingerprint density at radius 3 is 2.88 bits per heavy atom. The van der Waals surface area contributed by atoms with Crippen LogP contribution in [0.5, 0.6) is 0 Å². The van der Waals surface area contributed by atoms with Crippen molar-refractivity contribution in [2.75, 3.05) is 0 Å². The number of fused-ring (bicyclic) bond motifs is 1. The van der Waals surface area contributed by atoms with E-state index in [1.54, 1.807) is 4.57 Å². The first kappa shape index (κ1) is 17.0. The van der Waals surface area contributed by atoms with Crippen molar-refractivity contribution in [3.63, 3.8) is 0 Å². The summed E-state index contributed by atoms with van der Waals surface area (Å²) in [6, 6.07) is 2.01. The molecule has 24 heavy (non-hydrogen) atoms. The van der Waals surface area contributed by atoms with E-state index in [0.717, 1.165) is 35.6 Å². The molecule has 0 aromatic carbocycles. The Labute approximate surface area is 145 Å². The summed E-state index contributed by atoms with van der Waals surface area (Å²) < 4.78 is 7.46. The van der Waals surface area contributed by atoms with E-state index in [1.807, 2.05) is 25.3 Å². The Kier molecular flexibility index (Phi) is 4.42. The zero-order valence-corrected chi connectivity index (χ0v) is 15.5. The van der Waals surface area contributed by atoms with E-state index in [-0.39, 0.29) is 22.2 Å². The number of aromatic nitrogens is 1. The molecule has 0 spiro atoms. The second-order valence-corrected chi connectivity index (χ2v) is 8.27. The van der Waals surface area contributed by atoms with Crippen molar-refractivity contribution in [3.05, 3.63) is 43.9 Å². The van der Waals surface area contributed by atoms with Crippen molar-refractivity contribution in [2.24, 2.45) is 5.41 Å². The minimum absolute atomic E-state index is 0.00755. The second-order valence-electron chi connectivity index (χ2n) is 7.45. The quantitative estimate of drug-likeness (QED) is 0.922. The predicted octanol–water partition coefficient (Wildman–Crippen LogP) is 3.34. The van der Waals surface area contributed by atoms with Crippen molar-refractivity contribution in [1.29, 1.82) is 0 Å². The van der Waals surface area contributed by atoms with Crippen LogP contribution in [0.3, 0.4) is 0 Å². The molecule has 130 valence electrons. The van der Waals surface area contributed by atoms with Gasteiger partial charge in [0.25, 0.3) is 0 Å². The molecule has 3 rings (SSSR count). The molecule has 2 aromatic heterocycles. The predicted molar refractivity (Wildman–Crippen MR) is 94.4 cm³/mol. The van der Waals surface area contributed by atoms with Gasteiger partial charge >= 0.3 is 4.87 Å². The topological polar surface area (TPSA) is 64.2 Å². The zero-order valence-electron chi connectivity index (χ0n) is 14.6. The number of hydrogen-bond donors (Lipinski definition) is 1. The first-order valence-corrected chi connectivity index (χ1v) is 9.17. The maximum atomic E-state index is 12.4. The molecule has 1 aliphatic rings. The Hall–Kier alpha value is -1.82. The smallest absolute Gasteiger partial charge is 0.307 e. The van der Waals surface area contributed by atoms with Gasteiger partial charge in [-0.15, -0.1) is 0 Å². The molecule has 6 heteroatoms. The largest absolute Gasteiger partial charge is 0.466 e. The van der Waals surface area contributed by atoms with Crippen molar-refractivity contribution in [2.45, 2.75) is 59.5 Å². The Bertz CT molecular complexity index is 813. The number of nitrogens with zero attached hydrogens (tertiary/aromatic N) is 1. The van der Waals surface area contributed by atoms with E-state index >= 15 is 0 Å². The summed E-state index contributed by atoms with van der Waals surface area (Å²) in [6.45, 7) is 8.64. The molecule has 1 N–H and O–H groups in total. The molecule has 0 fully saturated rings. The van der Waals surface area contributed by atoms with Crippen LogP contribution < -0.4 is 10.2 Å². The average Bonchev–Trinajstić information content (AvgIpc) is 2.98. The minimum atomic E-state index is -0.0278. The highest BCUT2D eigenvalue weighted by Gasteiger charge is 2.35. The van der Waals surface area contributed by atoms with E-state index < -0.39 is 0 Å². The maximum absolute atomic E-state index is 12.4. The molecule has 0 unspecified atom stereocenters. The fourth-order valence-corrected chi connectivity index (χ4v) is 4.23. The lowest BCUT2D eigenvalue weighted by Gasteiger charge is -2.34. The molecule has 2 aromatic rings. The first-order chi connectivity index (χ1) is 11.2. The summed E-state index contributed by atoms with van der Waals surface area (Å²) >= 11 is 1.17. The van der Waals surface area contributed by atoms with Gasteiger partial charge in [0.05, 0.1) is 6.04 Å². The average molecular weight is 348 g/mol. The number of carbonyl (C=O) groups excluding carboxylic acids is 1. The Balaban J connectivity index is 1.69. The monoisotopic (exact) mass is 348 g/mol. The Morgan fingerprint density at radius 2 is 2.21 bits per heavy atom. The summed E-state index contributed by atoms with van der Waals surface area (Å²) in [5, 5.41) is 4.96. The van der Waals surface area contributed by atoms with Gasteiger partial charge in [0, 0.05) is 36.0 Å². The summed E-state index contributed by atoms with van der Waals surface area (Å²) in [7, 11) is 0. The SMILES string of the molecule is Cc1cc2c(o1)CC(C)(C)C[C@@H]2NC(=O)CCn1c(C)csc1=O. The molecule has 5 nitrogen and oxygen atoms in total. The van der Waals surface area contributed by atoms with E-state index in [4.69, 9.17) is 4.42 Å². The first-order valence-electron chi connectivity index (χ1n) is 8.29. The molecule has 0 saturated heterocycles. The third-order valence-corrected chi connectivity index (χ3v) is 5.49. The molecular formula is C18H24N2O3S. The van der Waals surface area contributed by atoms with Crippen LogP contribution >= 0.6 is 11.3 Å². The fourth-order valence-electron chi connectivity index (χ4n) is 3.47. The fraction of sp³-hybridized carbons (Fsp3) is 0.556. The van der Waals surface area contributed by atoms with Gasteiger partial charge in [0.1, 0.15) is 11.5 Å². The van der Waals surface area contributed by atoms with Crippen molar-refractivity contribution < 1.29 is 9.21 Å². The van der Waals surface area contributed by atoms with Gasteiger partial charge in [0.15, 0.2) is 0 Å².